The fourth-order valence-electron chi connectivity index (χ4n) is 2.56. The first-order valence-corrected chi connectivity index (χ1v) is 9.60. The molecule has 1 N–H and O–H groups in total. The molecule has 140 valence electrons. The van der Waals surface area contributed by atoms with E-state index in [0.717, 1.165) is 34.6 Å². The van der Waals surface area contributed by atoms with E-state index in [9.17, 15) is 9.59 Å². The van der Waals surface area contributed by atoms with Crippen LogP contribution in [0.25, 0.3) is 0 Å². The maximum Gasteiger partial charge on any atom is 0.415 e. The number of aryl methyl sites for hydroxylation is 1. The van der Waals surface area contributed by atoms with Crippen LogP contribution in [0.5, 0.6) is 0 Å². The lowest BCUT2D eigenvalue weighted by molar-refractivity contribution is -0.135. The van der Waals surface area contributed by atoms with Crippen LogP contribution in [0, 0.1) is 0 Å². The molecule has 1 aromatic rings. The molecule has 0 spiro atoms. The predicted octanol–water partition coefficient (Wildman–Crippen LogP) is 4.04. The van der Waals surface area contributed by atoms with Crippen molar-refractivity contribution in [1.82, 2.24) is 0 Å². The number of amides is 1. The molecule has 0 aliphatic heterocycles. The van der Waals surface area contributed by atoms with Gasteiger partial charge in [-0.3, -0.25) is 9.69 Å². The molecule has 10 heteroatoms. The number of carboxylic acid groups (broad SMARTS) is 1. The molecule has 2 rings (SSSR count). The summed E-state index contributed by atoms with van der Waals surface area (Å²) in [4.78, 5) is 25.5. The van der Waals surface area contributed by atoms with Crippen LogP contribution in [0.4, 0.5) is 9.80 Å². The van der Waals surface area contributed by atoms with Gasteiger partial charge in [0.1, 0.15) is 18.2 Å². The number of hydrogen-bond acceptors (Lipinski definition) is 5. The smallest absolute Gasteiger partial charge is 0.415 e. The second-order valence-electron chi connectivity index (χ2n) is 5.50. The van der Waals surface area contributed by atoms with Crippen LogP contribution in [0.3, 0.4) is 0 Å². The average molecular weight is 431 g/mol. The molecule has 1 atom stereocenters. The third-order valence-electron chi connectivity index (χ3n) is 3.57. The summed E-state index contributed by atoms with van der Waals surface area (Å²) in [6, 6.07) is 1.82. The quantitative estimate of drug-likeness (QED) is 0.689. The summed E-state index contributed by atoms with van der Waals surface area (Å²) in [5, 5.41) is 9.59. The van der Waals surface area contributed by atoms with Gasteiger partial charge in [0.2, 0.25) is 3.79 Å². The van der Waals surface area contributed by atoms with Crippen LogP contribution < -0.4 is 4.90 Å². The van der Waals surface area contributed by atoms with Gasteiger partial charge in [0.15, 0.2) is 0 Å². The molecular weight excluding hydrogens is 413 g/mol. The standard InChI is InChI=1S/C15H18Cl3NO5S/c1-2-23-10-4-3-9-5-12(25-11(9)6-10)19(7-13(20)21)14(22)24-8-15(16,17)18/h5,10H,2-4,6-8H2,1H3,(H,20,21). The molecule has 1 amide bonds. The van der Waals surface area contributed by atoms with Crippen LogP contribution >= 0.6 is 46.1 Å². The summed E-state index contributed by atoms with van der Waals surface area (Å²) in [6.07, 6.45) is 1.74. The first-order valence-electron chi connectivity index (χ1n) is 7.65. The number of halogens is 3. The van der Waals surface area contributed by atoms with Gasteiger partial charge in [0.05, 0.1) is 6.10 Å². The summed E-state index contributed by atoms with van der Waals surface area (Å²) in [5.74, 6) is -1.16. The highest BCUT2D eigenvalue weighted by Gasteiger charge is 2.29. The van der Waals surface area contributed by atoms with Crippen LogP contribution in [-0.2, 0) is 27.1 Å². The lowest BCUT2D eigenvalue weighted by Crippen LogP contribution is -2.37. The monoisotopic (exact) mass is 429 g/mol. The number of carbonyl (C=O) groups is 2. The van der Waals surface area contributed by atoms with Gasteiger partial charge in [-0.2, -0.15) is 0 Å². The van der Waals surface area contributed by atoms with E-state index in [1.54, 1.807) is 0 Å². The molecule has 1 aliphatic rings. The minimum atomic E-state index is -1.76. The fraction of sp³-hybridized carbons (Fsp3) is 0.600. The molecule has 1 heterocycles. The Kier molecular flexibility index (Phi) is 7.22. The number of hydrogen-bond donors (Lipinski definition) is 1. The molecule has 6 nitrogen and oxygen atoms in total. The van der Waals surface area contributed by atoms with Crippen molar-refractivity contribution in [2.75, 3.05) is 24.7 Å². The van der Waals surface area contributed by atoms with E-state index in [0.29, 0.717) is 11.6 Å². The van der Waals surface area contributed by atoms with Gasteiger partial charge in [0, 0.05) is 17.9 Å². The molecule has 0 bridgehead atoms. The maximum atomic E-state index is 12.3. The Hall–Kier alpha value is -0.730. The number of rotatable bonds is 6. The average Bonchev–Trinajstić information content (AvgIpc) is 2.92. The minimum absolute atomic E-state index is 0.147. The SMILES string of the molecule is CCOC1CCc2cc(N(CC(=O)O)C(=O)OCC(Cl)(Cl)Cl)sc2C1. The summed E-state index contributed by atoms with van der Waals surface area (Å²) in [5.41, 5.74) is 1.10. The number of alkyl halides is 3. The summed E-state index contributed by atoms with van der Waals surface area (Å²) in [6.45, 7) is 1.59. The number of carboxylic acids is 1. The highest BCUT2D eigenvalue weighted by molar-refractivity contribution is 7.16. The Bertz CT molecular complexity index is 631. The van der Waals surface area contributed by atoms with Crippen molar-refractivity contribution in [3.63, 3.8) is 0 Å². The number of nitrogens with zero attached hydrogens (tertiary/aromatic N) is 1. The maximum absolute atomic E-state index is 12.3. The number of anilines is 1. The van der Waals surface area contributed by atoms with Crippen LogP contribution in [0.15, 0.2) is 6.07 Å². The van der Waals surface area contributed by atoms with E-state index < -0.39 is 29.0 Å². The summed E-state index contributed by atoms with van der Waals surface area (Å²) < 4.78 is 8.83. The van der Waals surface area contributed by atoms with Gasteiger partial charge in [0.25, 0.3) is 0 Å². The first kappa shape index (κ1) is 20.6. The van der Waals surface area contributed by atoms with Gasteiger partial charge in [-0.05, 0) is 31.4 Å². The lowest BCUT2D eigenvalue weighted by Gasteiger charge is -2.21. The van der Waals surface area contributed by atoms with Crippen molar-refractivity contribution < 1.29 is 24.2 Å². The minimum Gasteiger partial charge on any atom is -0.480 e. The number of aliphatic carboxylic acids is 1. The molecule has 0 aromatic carbocycles. The first-order chi connectivity index (χ1) is 11.7. The van der Waals surface area contributed by atoms with E-state index in [1.165, 1.54) is 11.3 Å². The fourth-order valence-corrected chi connectivity index (χ4v) is 3.99. The predicted molar refractivity (Wildman–Crippen MR) is 98.4 cm³/mol. The third kappa shape index (κ3) is 6.18. The lowest BCUT2D eigenvalue weighted by atomic mass is 9.97. The van der Waals surface area contributed by atoms with E-state index in [2.05, 4.69) is 0 Å². The Morgan fingerprint density at radius 1 is 1.44 bits per heavy atom. The number of fused-ring (bicyclic) bond motifs is 1. The van der Waals surface area contributed by atoms with Crippen molar-refractivity contribution in [2.24, 2.45) is 0 Å². The molecule has 1 unspecified atom stereocenters. The highest BCUT2D eigenvalue weighted by Crippen LogP contribution is 2.36. The molecule has 25 heavy (non-hydrogen) atoms. The van der Waals surface area contributed by atoms with Crippen molar-refractivity contribution in [3.05, 3.63) is 16.5 Å². The highest BCUT2D eigenvalue weighted by atomic mass is 35.6. The van der Waals surface area contributed by atoms with E-state index in [4.69, 9.17) is 49.4 Å². The Balaban J connectivity index is 2.16. The van der Waals surface area contributed by atoms with Crippen molar-refractivity contribution in [1.29, 1.82) is 0 Å². The normalized spacial score (nSPS) is 17.0. The van der Waals surface area contributed by atoms with Crippen LogP contribution in [0.1, 0.15) is 23.8 Å². The zero-order chi connectivity index (χ0) is 18.6. The Morgan fingerprint density at radius 2 is 2.16 bits per heavy atom. The molecule has 0 radical (unpaired) electrons. The molecule has 1 aromatic heterocycles. The Morgan fingerprint density at radius 3 is 2.76 bits per heavy atom. The molecule has 0 fully saturated rings. The molecular formula is C15H18Cl3NO5S. The van der Waals surface area contributed by atoms with Gasteiger partial charge >= 0.3 is 12.1 Å². The number of thiophene rings is 1. The summed E-state index contributed by atoms with van der Waals surface area (Å²) in [7, 11) is 0. The van der Waals surface area contributed by atoms with Crippen molar-refractivity contribution >= 4 is 63.2 Å². The second kappa shape index (κ2) is 8.77. The van der Waals surface area contributed by atoms with E-state index in [-0.39, 0.29) is 6.10 Å². The van der Waals surface area contributed by atoms with Crippen LogP contribution in [-0.4, -0.2) is 46.8 Å². The summed E-state index contributed by atoms with van der Waals surface area (Å²) >= 11 is 18.1. The van der Waals surface area contributed by atoms with E-state index >= 15 is 0 Å². The largest absolute Gasteiger partial charge is 0.480 e. The van der Waals surface area contributed by atoms with Crippen molar-refractivity contribution in [2.45, 2.75) is 36.1 Å². The number of ether oxygens (including phenoxy) is 2. The zero-order valence-corrected chi connectivity index (χ0v) is 16.6. The Labute approximate surface area is 164 Å². The topological polar surface area (TPSA) is 76.1 Å². The molecule has 0 saturated carbocycles. The van der Waals surface area contributed by atoms with Crippen molar-refractivity contribution in [3.8, 4) is 0 Å². The second-order valence-corrected chi connectivity index (χ2v) is 9.13. The van der Waals surface area contributed by atoms with E-state index in [1.807, 2.05) is 13.0 Å². The van der Waals surface area contributed by atoms with Crippen LogP contribution in [0.2, 0.25) is 0 Å². The van der Waals surface area contributed by atoms with Gasteiger partial charge < -0.3 is 14.6 Å². The molecule has 0 saturated heterocycles. The number of carbonyl (C=O) groups excluding carboxylic acids is 1. The third-order valence-corrected chi connectivity index (χ3v) is 5.12. The van der Waals surface area contributed by atoms with Gasteiger partial charge in [-0.15, -0.1) is 11.3 Å². The zero-order valence-electron chi connectivity index (χ0n) is 13.5. The molecule has 1 aliphatic carbocycles. The van der Waals surface area contributed by atoms with Gasteiger partial charge in [-0.1, -0.05) is 34.8 Å². The van der Waals surface area contributed by atoms with Gasteiger partial charge in [-0.25, -0.2) is 4.79 Å².